The summed E-state index contributed by atoms with van der Waals surface area (Å²) in [5.41, 5.74) is 7.02. The topological polar surface area (TPSA) is 78.7 Å². The van der Waals surface area contributed by atoms with Crippen molar-refractivity contribution in [1.29, 1.82) is 0 Å². The van der Waals surface area contributed by atoms with Gasteiger partial charge in [-0.3, -0.25) is 0 Å². The number of rotatable bonds is 2. The van der Waals surface area contributed by atoms with Crippen LogP contribution in [0.25, 0.3) is 55.5 Å². The lowest BCUT2D eigenvalue weighted by Gasteiger charge is -2.01. The number of fused-ring (bicyclic) bond motifs is 6. The second-order valence-corrected chi connectivity index (χ2v) is 9.58. The predicted octanol–water partition coefficient (Wildman–Crippen LogP) is 4.02. The average Bonchev–Trinajstić information content (AvgIpc) is 3.73. The van der Waals surface area contributed by atoms with Gasteiger partial charge in [-0.1, -0.05) is 31.7 Å². The molecule has 41 heavy (non-hydrogen) atoms. The first kappa shape index (κ1) is 28.0. The molecule has 0 N–H and O–H groups in total. The molecule has 9 heteroatoms. The maximum Gasteiger partial charge on any atom is 0.248 e. The summed E-state index contributed by atoms with van der Waals surface area (Å²) in [6.07, 6.45) is 11.5. The summed E-state index contributed by atoms with van der Waals surface area (Å²) >= 11 is 0. The van der Waals surface area contributed by atoms with Crippen molar-refractivity contribution in [1.82, 2.24) is 24.1 Å². The molecular weight excluding hydrogens is 627 g/mol. The Hall–Kier alpha value is -4.51. The summed E-state index contributed by atoms with van der Waals surface area (Å²) in [4.78, 5) is 13.0. The van der Waals surface area contributed by atoms with Crippen LogP contribution in [0.3, 0.4) is 0 Å². The Labute approximate surface area is 253 Å². The summed E-state index contributed by atoms with van der Waals surface area (Å²) in [5.74, 6) is 0. The van der Waals surface area contributed by atoms with Crippen molar-refractivity contribution >= 4 is 44.1 Å². The Morgan fingerprint density at radius 1 is 0.683 bits per heavy atom. The van der Waals surface area contributed by atoms with E-state index >= 15 is 0 Å². The van der Waals surface area contributed by atoms with Gasteiger partial charge in [-0.05, 0) is 50.2 Å². The second kappa shape index (κ2) is 11.2. The number of aromatic nitrogens is 6. The van der Waals surface area contributed by atoms with E-state index in [0.717, 1.165) is 55.5 Å². The normalized spacial score (nSPS) is 10.9. The Morgan fingerprint density at radius 2 is 1.24 bits per heavy atom. The number of benzene rings is 2. The number of imidazole rings is 2. The maximum absolute atomic E-state index is 5.99. The van der Waals surface area contributed by atoms with Crippen LogP contribution in [0.4, 0.5) is 0 Å². The maximum atomic E-state index is 5.99. The highest BCUT2D eigenvalue weighted by atomic mass is 127. The highest BCUT2D eigenvalue weighted by molar-refractivity contribution is 6.07. The van der Waals surface area contributed by atoms with Crippen LogP contribution in [0.15, 0.2) is 107 Å². The van der Waals surface area contributed by atoms with Crippen LogP contribution in [-0.4, -0.2) is 24.1 Å². The van der Waals surface area contributed by atoms with Crippen LogP contribution in [0, 0.1) is 13.8 Å². The van der Waals surface area contributed by atoms with Gasteiger partial charge in [-0.15, -0.1) is 0 Å². The second-order valence-electron chi connectivity index (χ2n) is 9.58. The third-order valence-corrected chi connectivity index (χ3v) is 6.80. The van der Waals surface area contributed by atoms with Gasteiger partial charge in [-0.2, -0.15) is 4.57 Å². The summed E-state index contributed by atoms with van der Waals surface area (Å²) in [7, 11) is 2.00. The van der Waals surface area contributed by atoms with Gasteiger partial charge in [0, 0.05) is 45.3 Å². The number of halogens is 1. The summed E-state index contributed by atoms with van der Waals surface area (Å²) in [5, 5.41) is 4.28. The van der Waals surface area contributed by atoms with E-state index in [1.807, 2.05) is 85.3 Å². The van der Waals surface area contributed by atoms with Crippen molar-refractivity contribution in [2.75, 3.05) is 0 Å². The lowest BCUT2D eigenvalue weighted by molar-refractivity contribution is -0.670. The van der Waals surface area contributed by atoms with Crippen LogP contribution in [0.5, 0.6) is 0 Å². The molecule has 0 saturated heterocycles. The molecule has 0 unspecified atom stereocenters. The minimum Gasteiger partial charge on any atom is -1.00 e. The van der Waals surface area contributed by atoms with E-state index in [4.69, 9.17) is 8.83 Å². The molecule has 6 aromatic heterocycles. The first-order valence-corrected chi connectivity index (χ1v) is 12.6. The van der Waals surface area contributed by atoms with Gasteiger partial charge >= 0.3 is 0 Å². The van der Waals surface area contributed by atoms with Crippen molar-refractivity contribution in [2.24, 2.45) is 7.05 Å². The molecule has 2 aromatic carbocycles. The number of hydrogen-bond acceptors (Lipinski definition) is 5. The fourth-order valence-corrected chi connectivity index (χ4v) is 4.91. The smallest absolute Gasteiger partial charge is 0.248 e. The number of pyridine rings is 2. The fraction of sp³-hybridized carbons (Fsp3) is 0.125. The molecule has 0 amide bonds. The number of para-hydroxylation sites is 2. The molecule has 0 aliphatic heterocycles. The van der Waals surface area contributed by atoms with Crippen molar-refractivity contribution in [3.63, 3.8) is 0 Å². The first-order valence-electron chi connectivity index (χ1n) is 12.6. The lowest BCUT2D eigenvalue weighted by Crippen LogP contribution is -3.00. The van der Waals surface area contributed by atoms with Gasteiger partial charge in [0.2, 0.25) is 17.8 Å². The third-order valence-electron chi connectivity index (χ3n) is 6.80. The molecular formula is C32H29IN6O2. The predicted molar refractivity (Wildman–Crippen MR) is 157 cm³/mol. The summed E-state index contributed by atoms with van der Waals surface area (Å²) in [6, 6.07) is 20.4. The zero-order valence-corrected chi connectivity index (χ0v) is 24.3. The molecule has 8 nitrogen and oxygen atoms in total. The minimum absolute atomic E-state index is 0. The fourth-order valence-electron chi connectivity index (χ4n) is 4.91. The molecule has 0 saturated carbocycles. The third kappa shape index (κ3) is 4.97. The SMILES string of the molecule is C.Cc1ccc2c(n1)oc1c(-n3cc[n+](C)c3)cccc12.Cc1ccc2c(n1)oc1c(-n3ccnc3)cccc12.[I-]. The molecule has 6 heterocycles. The Bertz CT molecular complexity index is 2120. The van der Waals surface area contributed by atoms with Gasteiger partial charge in [0.05, 0.1) is 19.1 Å². The molecule has 8 rings (SSSR count). The Balaban J connectivity index is 0.000000157. The molecule has 206 valence electrons. The van der Waals surface area contributed by atoms with Crippen molar-refractivity contribution in [3.05, 3.63) is 109 Å². The molecule has 0 fully saturated rings. The molecule has 0 spiro atoms. The first-order chi connectivity index (χ1) is 19.0. The zero-order valence-electron chi connectivity index (χ0n) is 22.1. The van der Waals surface area contributed by atoms with Gasteiger partial charge in [0.1, 0.15) is 12.4 Å². The average molecular weight is 657 g/mol. The highest BCUT2D eigenvalue weighted by Crippen LogP contribution is 2.32. The van der Waals surface area contributed by atoms with Crippen LogP contribution in [0.1, 0.15) is 18.8 Å². The molecule has 0 aliphatic rings. The molecule has 8 aromatic rings. The van der Waals surface area contributed by atoms with E-state index in [1.165, 1.54) is 0 Å². The summed E-state index contributed by atoms with van der Waals surface area (Å²) in [6.45, 7) is 3.93. The van der Waals surface area contributed by atoms with Gasteiger partial charge in [0.15, 0.2) is 16.9 Å². The number of aryl methyl sites for hydroxylation is 3. The zero-order chi connectivity index (χ0) is 26.5. The quantitative estimate of drug-likeness (QED) is 0.208. The van der Waals surface area contributed by atoms with Crippen molar-refractivity contribution in [2.45, 2.75) is 21.3 Å². The van der Waals surface area contributed by atoms with E-state index < -0.39 is 0 Å². The van der Waals surface area contributed by atoms with Crippen LogP contribution >= 0.6 is 0 Å². The van der Waals surface area contributed by atoms with E-state index in [-0.39, 0.29) is 31.4 Å². The Morgan fingerprint density at radius 3 is 1.73 bits per heavy atom. The number of hydrogen-bond donors (Lipinski definition) is 0. The number of nitrogens with zero attached hydrogens (tertiary/aromatic N) is 6. The molecule has 0 radical (unpaired) electrons. The minimum atomic E-state index is 0. The number of furan rings is 2. The monoisotopic (exact) mass is 656 g/mol. The largest absolute Gasteiger partial charge is 1.00 e. The van der Waals surface area contributed by atoms with E-state index in [1.54, 1.807) is 12.5 Å². The van der Waals surface area contributed by atoms with Crippen LogP contribution in [-0.2, 0) is 7.05 Å². The van der Waals surface area contributed by atoms with Crippen LogP contribution < -0.4 is 28.5 Å². The van der Waals surface area contributed by atoms with E-state index in [9.17, 15) is 0 Å². The Kier molecular flexibility index (Phi) is 7.63. The molecule has 0 atom stereocenters. The van der Waals surface area contributed by atoms with Gasteiger partial charge < -0.3 is 37.4 Å². The van der Waals surface area contributed by atoms with Crippen molar-refractivity contribution in [3.8, 4) is 11.4 Å². The van der Waals surface area contributed by atoms with Crippen LogP contribution in [0.2, 0.25) is 0 Å². The lowest BCUT2D eigenvalue weighted by atomic mass is 10.1. The summed E-state index contributed by atoms with van der Waals surface area (Å²) < 4.78 is 17.9. The van der Waals surface area contributed by atoms with Gasteiger partial charge in [-0.25, -0.2) is 19.5 Å². The molecule has 0 bridgehead atoms. The van der Waals surface area contributed by atoms with E-state index in [2.05, 4.69) is 49.9 Å². The van der Waals surface area contributed by atoms with Gasteiger partial charge in [0.25, 0.3) is 0 Å². The highest BCUT2D eigenvalue weighted by Gasteiger charge is 2.16. The van der Waals surface area contributed by atoms with E-state index in [0.29, 0.717) is 11.4 Å². The standard InChI is InChI=1S/C16H14N3O.C15H11N3O.CH4.HI/c1-11-6-7-13-12-4-3-5-14(15(12)20-16(13)17-11)19-9-8-18(2)10-19;1-10-5-6-12-11-3-2-4-13(18-8-7-16-9-18)14(11)19-15(12)17-10;;/h3-10H,1-2H3;2-9H,1H3;1H4;1H/q+1;;;/p-1. The van der Waals surface area contributed by atoms with Crippen molar-refractivity contribution < 1.29 is 37.4 Å². The molecule has 0 aliphatic carbocycles.